The number of benzene rings is 1. The number of anilines is 1. The summed E-state index contributed by atoms with van der Waals surface area (Å²) in [6, 6.07) is 7.01. The van der Waals surface area contributed by atoms with Gasteiger partial charge in [-0.25, -0.2) is 4.79 Å². The summed E-state index contributed by atoms with van der Waals surface area (Å²) in [5.74, 6) is -0.177. The van der Waals surface area contributed by atoms with Crippen LogP contribution in [-0.2, 0) is 0 Å². The first kappa shape index (κ1) is 17.3. The summed E-state index contributed by atoms with van der Waals surface area (Å²) in [7, 11) is 0. The number of para-hydroxylation sites is 1. The Morgan fingerprint density at radius 1 is 1.00 bits per heavy atom. The fourth-order valence-electron chi connectivity index (χ4n) is 2.67. The molecule has 3 amide bonds. The maximum Gasteiger partial charge on any atom is 0.321 e. The van der Waals surface area contributed by atoms with Crippen LogP contribution in [0.15, 0.2) is 24.3 Å². The Kier molecular flexibility index (Phi) is 5.64. The van der Waals surface area contributed by atoms with Crippen molar-refractivity contribution in [2.24, 2.45) is 0 Å². The quantitative estimate of drug-likeness (QED) is 0.875. The van der Waals surface area contributed by atoms with Crippen LogP contribution in [-0.4, -0.2) is 35.5 Å². The van der Waals surface area contributed by atoms with Crippen LogP contribution in [0.5, 0.6) is 0 Å². The third-order valence-electron chi connectivity index (χ3n) is 3.80. The molecule has 2 N–H and O–H groups in total. The minimum Gasteiger partial charge on any atom is -0.347 e. The summed E-state index contributed by atoms with van der Waals surface area (Å²) >= 11 is 0. The molecule has 1 heterocycles. The van der Waals surface area contributed by atoms with Crippen molar-refractivity contribution in [2.45, 2.75) is 52.0 Å². The van der Waals surface area contributed by atoms with Crippen molar-refractivity contribution in [2.75, 3.05) is 18.4 Å². The number of hydrogen-bond donors (Lipinski definition) is 2. The maximum absolute atomic E-state index is 12.5. The molecule has 23 heavy (non-hydrogen) atoms. The average molecular weight is 317 g/mol. The monoisotopic (exact) mass is 317 g/mol. The van der Waals surface area contributed by atoms with Crippen LogP contribution in [0.25, 0.3) is 0 Å². The van der Waals surface area contributed by atoms with E-state index in [-0.39, 0.29) is 17.5 Å². The zero-order valence-electron chi connectivity index (χ0n) is 14.3. The molecule has 0 aromatic heterocycles. The molecule has 2 rings (SSSR count). The van der Waals surface area contributed by atoms with Gasteiger partial charge in [-0.05, 0) is 45.7 Å². The zero-order valence-corrected chi connectivity index (χ0v) is 14.3. The van der Waals surface area contributed by atoms with Crippen LogP contribution in [0.2, 0.25) is 0 Å². The third kappa shape index (κ3) is 5.27. The second-order valence-electron chi connectivity index (χ2n) is 7.08. The fourth-order valence-corrected chi connectivity index (χ4v) is 2.67. The van der Waals surface area contributed by atoms with Crippen molar-refractivity contribution in [1.82, 2.24) is 10.2 Å². The number of rotatable bonds is 2. The highest BCUT2D eigenvalue weighted by Gasteiger charge is 2.20. The second kappa shape index (κ2) is 7.49. The van der Waals surface area contributed by atoms with Crippen LogP contribution in [0, 0.1) is 0 Å². The van der Waals surface area contributed by atoms with Crippen LogP contribution in [0.1, 0.15) is 56.8 Å². The number of likely N-dealkylation sites (tertiary alicyclic amines) is 1. The van der Waals surface area contributed by atoms with Gasteiger partial charge in [0, 0.05) is 18.6 Å². The normalized spacial score (nSPS) is 15.7. The Bertz CT molecular complexity index is 556. The smallest absolute Gasteiger partial charge is 0.321 e. The molecule has 1 saturated heterocycles. The predicted octanol–water partition coefficient (Wildman–Crippen LogP) is 3.62. The molecule has 0 spiro atoms. The van der Waals surface area contributed by atoms with Gasteiger partial charge < -0.3 is 15.5 Å². The van der Waals surface area contributed by atoms with Gasteiger partial charge in [-0.3, -0.25) is 4.79 Å². The molecule has 0 atom stereocenters. The zero-order chi connectivity index (χ0) is 16.9. The summed E-state index contributed by atoms with van der Waals surface area (Å²) in [6.07, 6.45) is 4.43. The van der Waals surface area contributed by atoms with Gasteiger partial charge in [0.15, 0.2) is 0 Å². The summed E-state index contributed by atoms with van der Waals surface area (Å²) in [4.78, 5) is 26.7. The molecule has 0 unspecified atom stereocenters. The number of nitrogens with zero attached hydrogens (tertiary/aromatic N) is 1. The molecule has 126 valence electrons. The van der Waals surface area contributed by atoms with E-state index in [4.69, 9.17) is 0 Å². The molecule has 0 saturated carbocycles. The van der Waals surface area contributed by atoms with E-state index in [9.17, 15) is 9.59 Å². The van der Waals surface area contributed by atoms with Crippen LogP contribution in [0.4, 0.5) is 10.5 Å². The van der Waals surface area contributed by atoms with Gasteiger partial charge in [0.2, 0.25) is 0 Å². The molecule has 1 aliphatic heterocycles. The highest BCUT2D eigenvalue weighted by Crippen LogP contribution is 2.18. The molecule has 0 aliphatic carbocycles. The van der Waals surface area contributed by atoms with Gasteiger partial charge in [-0.15, -0.1) is 0 Å². The highest BCUT2D eigenvalue weighted by molar-refractivity contribution is 6.03. The third-order valence-corrected chi connectivity index (χ3v) is 3.80. The Morgan fingerprint density at radius 3 is 2.22 bits per heavy atom. The van der Waals surface area contributed by atoms with Crippen molar-refractivity contribution < 1.29 is 9.59 Å². The summed E-state index contributed by atoms with van der Waals surface area (Å²) in [5.41, 5.74) is 0.730. The Balaban J connectivity index is 2.10. The van der Waals surface area contributed by atoms with Crippen molar-refractivity contribution >= 4 is 17.6 Å². The lowest BCUT2D eigenvalue weighted by Gasteiger charge is -2.23. The van der Waals surface area contributed by atoms with E-state index >= 15 is 0 Å². The minimum absolute atomic E-state index is 0.122. The topological polar surface area (TPSA) is 61.4 Å². The fraction of sp³-hybridized carbons (Fsp3) is 0.556. The summed E-state index contributed by atoms with van der Waals surface area (Å²) in [5, 5.41) is 5.84. The van der Waals surface area contributed by atoms with E-state index in [1.54, 1.807) is 18.2 Å². The molecular formula is C18H27N3O2. The van der Waals surface area contributed by atoms with E-state index in [0.29, 0.717) is 11.3 Å². The van der Waals surface area contributed by atoms with Crippen molar-refractivity contribution in [3.63, 3.8) is 0 Å². The van der Waals surface area contributed by atoms with Gasteiger partial charge in [-0.1, -0.05) is 25.0 Å². The van der Waals surface area contributed by atoms with E-state index < -0.39 is 0 Å². The van der Waals surface area contributed by atoms with Crippen LogP contribution in [0.3, 0.4) is 0 Å². The van der Waals surface area contributed by atoms with Gasteiger partial charge in [-0.2, -0.15) is 0 Å². The van der Waals surface area contributed by atoms with Gasteiger partial charge in [0.25, 0.3) is 5.91 Å². The first-order valence-corrected chi connectivity index (χ1v) is 8.34. The van der Waals surface area contributed by atoms with Gasteiger partial charge in [0.05, 0.1) is 11.3 Å². The van der Waals surface area contributed by atoms with Gasteiger partial charge in [0.1, 0.15) is 0 Å². The van der Waals surface area contributed by atoms with Crippen molar-refractivity contribution in [1.29, 1.82) is 0 Å². The summed E-state index contributed by atoms with van der Waals surface area (Å²) in [6.45, 7) is 7.36. The van der Waals surface area contributed by atoms with E-state index in [0.717, 1.165) is 25.9 Å². The number of nitrogens with one attached hydrogen (secondary N) is 2. The molecule has 1 aromatic rings. The lowest BCUT2D eigenvalue weighted by Crippen LogP contribution is -2.41. The SMILES string of the molecule is CC(C)(C)NC(=O)c1ccccc1NC(=O)N1CCCCCC1. The highest BCUT2D eigenvalue weighted by atomic mass is 16.2. The minimum atomic E-state index is -0.320. The Morgan fingerprint density at radius 2 is 1.61 bits per heavy atom. The maximum atomic E-state index is 12.5. The van der Waals surface area contributed by atoms with E-state index in [1.165, 1.54) is 12.8 Å². The number of carbonyl (C=O) groups excluding carboxylic acids is 2. The molecule has 1 fully saturated rings. The number of carbonyl (C=O) groups is 2. The van der Waals surface area contributed by atoms with Gasteiger partial charge >= 0.3 is 6.03 Å². The molecule has 1 aromatic carbocycles. The molecule has 1 aliphatic rings. The molecular weight excluding hydrogens is 290 g/mol. The Labute approximate surface area is 138 Å². The Hall–Kier alpha value is -2.04. The second-order valence-corrected chi connectivity index (χ2v) is 7.08. The average Bonchev–Trinajstić information content (AvgIpc) is 2.75. The van der Waals surface area contributed by atoms with Crippen LogP contribution >= 0.6 is 0 Å². The number of amides is 3. The largest absolute Gasteiger partial charge is 0.347 e. The molecule has 0 bridgehead atoms. The van der Waals surface area contributed by atoms with Crippen LogP contribution < -0.4 is 10.6 Å². The lowest BCUT2D eigenvalue weighted by molar-refractivity contribution is 0.0920. The molecule has 5 nitrogen and oxygen atoms in total. The predicted molar refractivity (Wildman–Crippen MR) is 92.7 cm³/mol. The number of hydrogen-bond acceptors (Lipinski definition) is 2. The lowest BCUT2D eigenvalue weighted by atomic mass is 10.1. The van der Waals surface area contributed by atoms with E-state index in [1.807, 2.05) is 31.7 Å². The molecule has 0 radical (unpaired) electrons. The first-order valence-electron chi connectivity index (χ1n) is 8.34. The first-order chi connectivity index (χ1) is 10.9. The molecule has 5 heteroatoms. The van der Waals surface area contributed by atoms with E-state index in [2.05, 4.69) is 10.6 Å². The number of urea groups is 1. The summed E-state index contributed by atoms with van der Waals surface area (Å²) < 4.78 is 0. The van der Waals surface area contributed by atoms with Crippen molar-refractivity contribution in [3.05, 3.63) is 29.8 Å². The standard InChI is InChI=1S/C18H27N3O2/c1-18(2,3)20-16(22)14-10-6-7-11-15(14)19-17(23)21-12-8-4-5-9-13-21/h6-7,10-11H,4-5,8-9,12-13H2,1-3H3,(H,19,23)(H,20,22). The van der Waals surface area contributed by atoms with Crippen molar-refractivity contribution in [3.8, 4) is 0 Å².